The fraction of sp³-hybridized carbons (Fsp3) is 0.640. The number of phenolic OH excluding ortho intramolecular Hbond substituents is 1. The van der Waals surface area contributed by atoms with Crippen molar-refractivity contribution in [3.63, 3.8) is 0 Å². The Morgan fingerprint density at radius 2 is 1.91 bits per heavy atom. The van der Waals surface area contributed by atoms with Crippen LogP contribution < -0.4 is 10.6 Å². The van der Waals surface area contributed by atoms with Gasteiger partial charge in [0.15, 0.2) is 0 Å². The Labute approximate surface area is 208 Å². The van der Waals surface area contributed by atoms with Crippen LogP contribution in [0, 0.1) is 6.92 Å². The number of unbranched alkanes of at least 4 members (excludes halogenated alkanes) is 2. The first-order valence-corrected chi connectivity index (χ1v) is 12.6. The first kappa shape index (κ1) is 27.8. The highest BCUT2D eigenvalue weighted by molar-refractivity contribution is 7.80. The number of thiol groups is 1. The van der Waals surface area contributed by atoms with Gasteiger partial charge in [-0.2, -0.15) is 12.6 Å². The van der Waals surface area contributed by atoms with Crippen LogP contribution in [0.4, 0.5) is 4.79 Å². The van der Waals surface area contributed by atoms with Crippen LogP contribution in [-0.4, -0.2) is 57.9 Å². The molecule has 3 N–H and O–H groups in total. The van der Waals surface area contributed by atoms with Gasteiger partial charge >= 0.3 is 6.09 Å². The van der Waals surface area contributed by atoms with E-state index in [0.717, 1.165) is 32.1 Å². The molecular formula is C25H39N3O5S. The Morgan fingerprint density at radius 3 is 2.44 bits per heavy atom. The third kappa shape index (κ3) is 8.11. The highest BCUT2D eigenvalue weighted by Crippen LogP contribution is 2.36. The minimum Gasteiger partial charge on any atom is -0.508 e. The molecule has 0 spiro atoms. The first-order chi connectivity index (χ1) is 16.0. The molecule has 1 aliphatic carbocycles. The van der Waals surface area contributed by atoms with Gasteiger partial charge in [0.2, 0.25) is 11.8 Å². The van der Waals surface area contributed by atoms with Crippen LogP contribution >= 0.6 is 12.6 Å². The summed E-state index contributed by atoms with van der Waals surface area (Å²) in [6.07, 6.45) is 3.71. The van der Waals surface area contributed by atoms with E-state index in [1.807, 2.05) is 0 Å². The quantitative estimate of drug-likeness (QED) is 0.277. The number of nitrogens with one attached hydrogen (secondary N) is 2. The Hall–Kier alpha value is -2.42. The van der Waals surface area contributed by atoms with Crippen LogP contribution in [-0.2, 0) is 14.3 Å². The first-order valence-electron chi connectivity index (χ1n) is 12.0. The van der Waals surface area contributed by atoms with Crippen molar-refractivity contribution < 1.29 is 24.2 Å². The third-order valence-electron chi connectivity index (χ3n) is 5.51. The smallest absolute Gasteiger partial charge is 0.408 e. The molecule has 0 saturated heterocycles. The normalized spacial score (nSPS) is 15.2. The van der Waals surface area contributed by atoms with E-state index in [-0.39, 0.29) is 29.4 Å². The number of nitrogens with zero attached hydrogens (tertiary/aromatic N) is 1. The lowest BCUT2D eigenvalue weighted by Crippen LogP contribution is -2.54. The molecule has 0 radical (unpaired) electrons. The molecule has 2 atom stereocenters. The van der Waals surface area contributed by atoms with Gasteiger partial charge in [-0.3, -0.25) is 9.59 Å². The molecule has 1 aliphatic rings. The van der Waals surface area contributed by atoms with Crippen LogP contribution in [0.3, 0.4) is 0 Å². The lowest BCUT2D eigenvalue weighted by molar-refractivity contribution is -0.142. The largest absolute Gasteiger partial charge is 0.508 e. The molecule has 1 aromatic carbocycles. The number of amides is 3. The van der Waals surface area contributed by atoms with Crippen molar-refractivity contribution in [1.82, 2.24) is 15.5 Å². The fourth-order valence-corrected chi connectivity index (χ4v) is 3.90. The average Bonchev–Trinajstić information content (AvgIpc) is 3.58. The van der Waals surface area contributed by atoms with Crippen LogP contribution in [0.5, 0.6) is 5.75 Å². The molecule has 8 nitrogen and oxygen atoms in total. The van der Waals surface area contributed by atoms with Gasteiger partial charge in [0.1, 0.15) is 23.4 Å². The Bertz CT molecular complexity index is 867. The van der Waals surface area contributed by atoms with Crippen LogP contribution in [0.1, 0.15) is 77.0 Å². The number of benzene rings is 1. The van der Waals surface area contributed by atoms with Gasteiger partial charge < -0.3 is 25.4 Å². The van der Waals surface area contributed by atoms with Gasteiger partial charge in [-0.1, -0.05) is 25.8 Å². The number of carbonyl (C=O) groups is 3. The van der Waals surface area contributed by atoms with Crippen LogP contribution in [0.25, 0.3) is 0 Å². The molecule has 1 saturated carbocycles. The number of hydrogen-bond donors (Lipinski definition) is 4. The van der Waals surface area contributed by atoms with Gasteiger partial charge in [0.05, 0.1) is 0 Å². The maximum Gasteiger partial charge on any atom is 0.408 e. The van der Waals surface area contributed by atoms with E-state index >= 15 is 0 Å². The van der Waals surface area contributed by atoms with Gasteiger partial charge in [0, 0.05) is 18.3 Å². The summed E-state index contributed by atoms with van der Waals surface area (Å²) in [6.45, 7) is 9.58. The summed E-state index contributed by atoms with van der Waals surface area (Å²) in [7, 11) is 0. The molecule has 0 bridgehead atoms. The van der Waals surface area contributed by atoms with Crippen molar-refractivity contribution >= 4 is 30.5 Å². The molecule has 190 valence electrons. The summed E-state index contributed by atoms with van der Waals surface area (Å²) in [6, 6.07) is 2.97. The average molecular weight is 494 g/mol. The lowest BCUT2D eigenvalue weighted by atomic mass is 10.00. The third-order valence-corrected chi connectivity index (χ3v) is 5.87. The minimum absolute atomic E-state index is 0.0563. The summed E-state index contributed by atoms with van der Waals surface area (Å²) >= 11 is 4.29. The highest BCUT2D eigenvalue weighted by atomic mass is 32.1. The molecule has 0 aromatic heterocycles. The number of aryl methyl sites for hydroxylation is 1. The molecule has 34 heavy (non-hydrogen) atoms. The molecule has 9 heteroatoms. The standard InChI is InChI=1S/C25H39N3O5S/c1-6-7-8-13-26-22(30)21(17-9-12-20(29)16(2)14-17)28(18-10-11-18)23(31)19(15-34)27-24(32)33-25(3,4)5/h9,12,14,18-19,21,29,34H,6-8,10-11,13,15H2,1-5H3,(H,26,30)(H,27,32). The zero-order valence-corrected chi connectivity index (χ0v) is 21.8. The molecule has 0 aliphatic heterocycles. The zero-order chi connectivity index (χ0) is 25.5. The zero-order valence-electron chi connectivity index (χ0n) is 20.9. The van der Waals surface area contributed by atoms with Gasteiger partial charge in [-0.15, -0.1) is 0 Å². The van der Waals surface area contributed by atoms with E-state index in [9.17, 15) is 19.5 Å². The second-order valence-corrected chi connectivity index (χ2v) is 10.2. The van der Waals surface area contributed by atoms with E-state index in [1.54, 1.807) is 44.7 Å². The number of hydrogen-bond acceptors (Lipinski definition) is 6. The number of rotatable bonds is 11. The monoisotopic (exact) mass is 493 g/mol. The SMILES string of the molecule is CCCCCNC(=O)C(c1ccc(O)c(C)c1)N(C(=O)C(CS)NC(=O)OC(C)(C)C)C1CC1. The molecule has 2 unspecified atom stereocenters. The predicted molar refractivity (Wildman–Crippen MR) is 135 cm³/mol. The number of ether oxygens (including phenoxy) is 1. The number of aromatic hydroxyl groups is 1. The van der Waals surface area contributed by atoms with E-state index in [4.69, 9.17) is 4.74 Å². The second kappa shape index (κ2) is 12.3. The molecule has 1 fully saturated rings. The molecular weight excluding hydrogens is 454 g/mol. The number of carbonyl (C=O) groups excluding carboxylic acids is 3. The summed E-state index contributed by atoms with van der Waals surface area (Å²) in [5.41, 5.74) is 0.510. The van der Waals surface area contributed by atoms with Crippen LogP contribution in [0.15, 0.2) is 18.2 Å². The van der Waals surface area contributed by atoms with Crippen molar-refractivity contribution in [2.24, 2.45) is 0 Å². The maximum absolute atomic E-state index is 13.7. The van der Waals surface area contributed by atoms with Crippen molar-refractivity contribution in [3.05, 3.63) is 29.3 Å². The topological polar surface area (TPSA) is 108 Å². The summed E-state index contributed by atoms with van der Waals surface area (Å²) in [5, 5.41) is 15.6. The minimum atomic E-state index is -0.951. The van der Waals surface area contributed by atoms with Gasteiger partial charge in [-0.05, 0) is 70.2 Å². The number of alkyl carbamates (subject to hydrolysis) is 1. The molecule has 2 rings (SSSR count). The Balaban J connectivity index is 2.35. The highest BCUT2D eigenvalue weighted by Gasteiger charge is 2.43. The number of phenols is 1. The van der Waals surface area contributed by atoms with E-state index in [2.05, 4.69) is 30.2 Å². The molecule has 3 amide bonds. The van der Waals surface area contributed by atoms with Gasteiger partial charge in [-0.25, -0.2) is 4.79 Å². The molecule has 1 aromatic rings. The molecule has 0 heterocycles. The Morgan fingerprint density at radius 1 is 1.24 bits per heavy atom. The summed E-state index contributed by atoms with van der Waals surface area (Å²) in [4.78, 5) is 41.0. The van der Waals surface area contributed by atoms with Crippen molar-refractivity contribution in [3.8, 4) is 5.75 Å². The van der Waals surface area contributed by atoms with E-state index < -0.39 is 23.8 Å². The van der Waals surface area contributed by atoms with E-state index in [0.29, 0.717) is 17.7 Å². The predicted octanol–water partition coefficient (Wildman–Crippen LogP) is 3.86. The van der Waals surface area contributed by atoms with E-state index in [1.165, 1.54) is 6.07 Å². The van der Waals surface area contributed by atoms with Crippen LogP contribution in [0.2, 0.25) is 0 Å². The van der Waals surface area contributed by atoms with Gasteiger partial charge in [0.25, 0.3) is 0 Å². The Kier molecular flexibility index (Phi) is 10.1. The summed E-state index contributed by atoms with van der Waals surface area (Å²) in [5.74, 6) is -0.491. The van der Waals surface area contributed by atoms with Crippen molar-refractivity contribution in [1.29, 1.82) is 0 Å². The second-order valence-electron chi connectivity index (χ2n) is 9.80. The summed E-state index contributed by atoms with van der Waals surface area (Å²) < 4.78 is 5.31. The van der Waals surface area contributed by atoms with Crippen molar-refractivity contribution in [2.75, 3.05) is 12.3 Å². The van der Waals surface area contributed by atoms with Crippen molar-refractivity contribution in [2.45, 2.75) is 90.4 Å². The fourth-order valence-electron chi connectivity index (χ4n) is 3.66. The maximum atomic E-state index is 13.7. The lowest BCUT2D eigenvalue weighted by Gasteiger charge is -2.34.